The highest BCUT2D eigenvalue weighted by Gasteiger charge is 2.71. The van der Waals surface area contributed by atoms with Crippen LogP contribution in [0.2, 0.25) is 5.02 Å². The fraction of sp³-hybridized carbons (Fsp3) is 0.250. The fourth-order valence-electron chi connectivity index (χ4n) is 2.42. The Bertz CT molecular complexity index is 666. The predicted octanol–water partition coefficient (Wildman–Crippen LogP) is 5.08. The van der Waals surface area contributed by atoms with Gasteiger partial charge in [-0.2, -0.15) is 22.0 Å². The Kier molecular flexibility index (Phi) is 4.43. The van der Waals surface area contributed by atoms with Crippen LogP contribution in [0.3, 0.4) is 0 Å². The maximum atomic E-state index is 14.3. The van der Waals surface area contributed by atoms with E-state index in [9.17, 15) is 27.1 Å². The van der Waals surface area contributed by atoms with Gasteiger partial charge in [-0.05, 0) is 24.1 Å². The van der Waals surface area contributed by atoms with E-state index >= 15 is 0 Å². The van der Waals surface area contributed by atoms with Gasteiger partial charge in [0.05, 0.1) is 0 Å². The van der Waals surface area contributed by atoms with Crippen molar-refractivity contribution in [2.75, 3.05) is 0 Å². The summed E-state index contributed by atoms with van der Waals surface area (Å²) in [6.07, 6.45) is -5.97. The van der Waals surface area contributed by atoms with E-state index in [4.69, 9.17) is 11.6 Å². The summed E-state index contributed by atoms with van der Waals surface area (Å²) in [6, 6.07) is 9.81. The van der Waals surface area contributed by atoms with Gasteiger partial charge in [0.1, 0.15) is 0 Å². The van der Waals surface area contributed by atoms with Gasteiger partial charge in [-0.25, -0.2) is 0 Å². The molecule has 7 heteroatoms. The third-order valence-electron chi connectivity index (χ3n) is 3.61. The Labute approximate surface area is 134 Å². The first-order valence-corrected chi connectivity index (χ1v) is 6.89. The SMILES string of the molecule is Cc1ccccc1C(O)(c1ccccc1Cl)C(F)(F)C(F)(F)F. The van der Waals surface area contributed by atoms with Crippen molar-refractivity contribution in [3.63, 3.8) is 0 Å². The lowest BCUT2D eigenvalue weighted by Crippen LogP contribution is -2.56. The summed E-state index contributed by atoms with van der Waals surface area (Å²) in [7, 11) is 0. The molecule has 0 aromatic heterocycles. The van der Waals surface area contributed by atoms with Crippen LogP contribution in [0.1, 0.15) is 16.7 Å². The zero-order valence-electron chi connectivity index (χ0n) is 11.8. The van der Waals surface area contributed by atoms with E-state index in [1.54, 1.807) is 0 Å². The van der Waals surface area contributed by atoms with Crippen LogP contribution in [0.4, 0.5) is 22.0 Å². The molecule has 0 fully saturated rings. The molecule has 1 N–H and O–H groups in total. The molecule has 23 heavy (non-hydrogen) atoms. The minimum atomic E-state index is -5.97. The number of benzene rings is 2. The van der Waals surface area contributed by atoms with Gasteiger partial charge in [0.25, 0.3) is 0 Å². The monoisotopic (exact) mass is 350 g/mol. The molecule has 2 aromatic carbocycles. The van der Waals surface area contributed by atoms with E-state index < -0.39 is 28.8 Å². The van der Waals surface area contributed by atoms with Crippen molar-refractivity contribution in [3.8, 4) is 0 Å². The summed E-state index contributed by atoms with van der Waals surface area (Å²) in [5.41, 5.74) is -4.83. The molecule has 1 atom stereocenters. The molecule has 0 saturated carbocycles. The summed E-state index contributed by atoms with van der Waals surface area (Å²) in [4.78, 5) is 0. The molecule has 0 saturated heterocycles. The molecule has 0 amide bonds. The van der Waals surface area contributed by atoms with E-state index in [2.05, 4.69) is 0 Å². The molecule has 0 radical (unpaired) electrons. The van der Waals surface area contributed by atoms with Crippen molar-refractivity contribution in [1.29, 1.82) is 0 Å². The predicted molar refractivity (Wildman–Crippen MR) is 76.6 cm³/mol. The van der Waals surface area contributed by atoms with Crippen LogP contribution in [-0.4, -0.2) is 17.2 Å². The lowest BCUT2D eigenvalue weighted by atomic mass is 9.78. The maximum absolute atomic E-state index is 14.3. The summed E-state index contributed by atoms with van der Waals surface area (Å²) in [5.74, 6) is -5.45. The number of halogens is 6. The normalized spacial score (nSPS) is 15.3. The third-order valence-corrected chi connectivity index (χ3v) is 3.94. The number of rotatable bonds is 3. The zero-order chi connectivity index (χ0) is 17.5. The maximum Gasteiger partial charge on any atom is 0.457 e. The minimum Gasteiger partial charge on any atom is -0.374 e. The summed E-state index contributed by atoms with van der Waals surface area (Å²) in [5, 5.41) is 10.2. The average molecular weight is 351 g/mol. The first kappa shape index (κ1) is 17.7. The number of alkyl halides is 5. The van der Waals surface area contributed by atoms with E-state index in [1.165, 1.54) is 37.3 Å². The number of hydrogen-bond donors (Lipinski definition) is 1. The molecule has 0 spiro atoms. The molecule has 0 aliphatic heterocycles. The largest absolute Gasteiger partial charge is 0.457 e. The molecule has 0 bridgehead atoms. The quantitative estimate of drug-likeness (QED) is 0.765. The standard InChI is InChI=1S/C16H12ClF5O/c1-10-6-2-3-7-11(10)14(23,15(18,19)16(20,21)22)12-8-4-5-9-13(12)17/h2-9,23H,1H3. The van der Waals surface area contributed by atoms with Gasteiger partial charge in [0.2, 0.25) is 0 Å². The van der Waals surface area contributed by atoms with Crippen LogP contribution in [0.15, 0.2) is 48.5 Å². The van der Waals surface area contributed by atoms with Crippen LogP contribution in [0.5, 0.6) is 0 Å². The van der Waals surface area contributed by atoms with Crippen molar-refractivity contribution in [3.05, 3.63) is 70.2 Å². The lowest BCUT2D eigenvalue weighted by Gasteiger charge is -2.38. The highest BCUT2D eigenvalue weighted by Crippen LogP contribution is 2.53. The summed E-state index contributed by atoms with van der Waals surface area (Å²) >= 11 is 5.81. The first-order chi connectivity index (χ1) is 10.5. The molecular weight excluding hydrogens is 339 g/mol. The highest BCUT2D eigenvalue weighted by atomic mass is 35.5. The van der Waals surface area contributed by atoms with Gasteiger partial charge in [0, 0.05) is 10.6 Å². The molecular formula is C16H12ClF5O. The van der Waals surface area contributed by atoms with E-state index in [0.29, 0.717) is 0 Å². The second-order valence-electron chi connectivity index (χ2n) is 5.08. The van der Waals surface area contributed by atoms with Crippen LogP contribution in [-0.2, 0) is 5.60 Å². The number of hydrogen-bond acceptors (Lipinski definition) is 1. The number of aliphatic hydroxyl groups is 1. The first-order valence-electron chi connectivity index (χ1n) is 6.51. The summed E-state index contributed by atoms with van der Waals surface area (Å²) in [6.45, 7) is 1.34. The van der Waals surface area contributed by atoms with E-state index in [1.807, 2.05) is 0 Å². The molecule has 2 aromatic rings. The third kappa shape index (κ3) is 2.70. The lowest BCUT2D eigenvalue weighted by molar-refractivity contribution is -0.336. The van der Waals surface area contributed by atoms with Crippen LogP contribution in [0.25, 0.3) is 0 Å². The Balaban J connectivity index is 2.87. The Morgan fingerprint density at radius 2 is 1.30 bits per heavy atom. The average Bonchev–Trinajstić information content (AvgIpc) is 2.46. The highest BCUT2D eigenvalue weighted by molar-refractivity contribution is 6.31. The van der Waals surface area contributed by atoms with Crippen molar-refractivity contribution >= 4 is 11.6 Å². The van der Waals surface area contributed by atoms with E-state index in [-0.39, 0.29) is 10.6 Å². The van der Waals surface area contributed by atoms with Crippen LogP contribution >= 0.6 is 11.6 Å². The summed E-state index contributed by atoms with van der Waals surface area (Å²) < 4.78 is 67.6. The van der Waals surface area contributed by atoms with Gasteiger partial charge in [-0.15, -0.1) is 0 Å². The van der Waals surface area contributed by atoms with Crippen molar-refractivity contribution in [2.45, 2.75) is 24.6 Å². The topological polar surface area (TPSA) is 20.2 Å². The molecule has 1 nitrogen and oxygen atoms in total. The van der Waals surface area contributed by atoms with Crippen molar-refractivity contribution < 1.29 is 27.1 Å². The second-order valence-corrected chi connectivity index (χ2v) is 5.48. The van der Waals surface area contributed by atoms with Gasteiger partial charge in [0.15, 0.2) is 5.60 Å². The van der Waals surface area contributed by atoms with Gasteiger partial charge >= 0.3 is 12.1 Å². The second kappa shape index (κ2) is 5.76. The Hall–Kier alpha value is -1.66. The zero-order valence-corrected chi connectivity index (χ0v) is 12.6. The van der Waals surface area contributed by atoms with Gasteiger partial charge in [-0.1, -0.05) is 54.1 Å². The molecule has 0 aliphatic carbocycles. The molecule has 0 aliphatic rings. The van der Waals surface area contributed by atoms with Gasteiger partial charge in [-0.3, -0.25) is 0 Å². The molecule has 0 heterocycles. The van der Waals surface area contributed by atoms with E-state index in [0.717, 1.165) is 18.2 Å². The minimum absolute atomic E-state index is 0.0823. The number of aryl methyl sites for hydroxylation is 1. The Morgan fingerprint density at radius 1 is 0.826 bits per heavy atom. The molecule has 2 rings (SSSR count). The van der Waals surface area contributed by atoms with Crippen LogP contribution in [0, 0.1) is 6.92 Å². The van der Waals surface area contributed by atoms with Crippen LogP contribution < -0.4 is 0 Å². The molecule has 124 valence electrons. The molecule has 1 unspecified atom stereocenters. The van der Waals surface area contributed by atoms with Gasteiger partial charge < -0.3 is 5.11 Å². The fourth-order valence-corrected chi connectivity index (χ4v) is 2.69. The smallest absolute Gasteiger partial charge is 0.374 e. The Morgan fingerprint density at radius 3 is 1.78 bits per heavy atom. The van der Waals surface area contributed by atoms with Crippen molar-refractivity contribution in [1.82, 2.24) is 0 Å². The van der Waals surface area contributed by atoms with Crippen molar-refractivity contribution in [2.24, 2.45) is 0 Å².